The molecule has 6 heteroatoms. The van der Waals surface area contributed by atoms with Crippen molar-refractivity contribution in [3.63, 3.8) is 0 Å². The largest absolute Gasteiger partial charge is 0.341 e. The van der Waals surface area contributed by atoms with Crippen LogP contribution in [0.2, 0.25) is 0 Å². The average Bonchev–Trinajstić information content (AvgIpc) is 2.85. The number of hydrogen-bond donors (Lipinski definition) is 1. The summed E-state index contributed by atoms with van der Waals surface area (Å²) in [6, 6.07) is 11.2. The van der Waals surface area contributed by atoms with Gasteiger partial charge in [-0.2, -0.15) is 0 Å². The molecule has 2 aliphatic heterocycles. The minimum absolute atomic E-state index is 0. The van der Waals surface area contributed by atoms with Gasteiger partial charge < -0.3 is 10.2 Å². The van der Waals surface area contributed by atoms with Crippen molar-refractivity contribution in [3.8, 4) is 0 Å². The van der Waals surface area contributed by atoms with Crippen molar-refractivity contribution in [2.24, 2.45) is 11.8 Å². The lowest BCUT2D eigenvalue weighted by molar-refractivity contribution is -0.132. The van der Waals surface area contributed by atoms with E-state index in [2.05, 4.69) is 59.3 Å². The average molecular weight is 430 g/mol. The van der Waals surface area contributed by atoms with E-state index in [0.717, 1.165) is 52.1 Å². The van der Waals surface area contributed by atoms with E-state index in [1.807, 2.05) is 0 Å². The standard InChI is InChI=1S/C22H35N3O.2ClH/c1-18(21-8-11-23-12-9-21)16-22(26)24-13-10-19(2)25(15-14-24)17-20-6-4-3-5-7-20;;/h3-7,18-19,21,23H,8-17H2,1-2H3;2*1H. The van der Waals surface area contributed by atoms with Crippen molar-refractivity contribution in [1.82, 2.24) is 15.1 Å². The maximum atomic E-state index is 12.9. The summed E-state index contributed by atoms with van der Waals surface area (Å²) in [5, 5.41) is 3.42. The van der Waals surface area contributed by atoms with E-state index in [-0.39, 0.29) is 24.8 Å². The molecule has 2 fully saturated rings. The summed E-state index contributed by atoms with van der Waals surface area (Å²) >= 11 is 0. The third kappa shape index (κ3) is 7.22. The molecule has 0 radical (unpaired) electrons. The highest BCUT2D eigenvalue weighted by Gasteiger charge is 2.27. The van der Waals surface area contributed by atoms with Gasteiger partial charge in [-0.1, -0.05) is 37.3 Å². The van der Waals surface area contributed by atoms with E-state index in [1.165, 1.54) is 18.4 Å². The molecule has 1 aromatic rings. The van der Waals surface area contributed by atoms with Gasteiger partial charge >= 0.3 is 0 Å². The first-order valence-corrected chi connectivity index (χ1v) is 10.4. The molecule has 2 unspecified atom stereocenters. The molecule has 4 nitrogen and oxygen atoms in total. The smallest absolute Gasteiger partial charge is 0.222 e. The van der Waals surface area contributed by atoms with Crippen molar-refractivity contribution < 1.29 is 4.79 Å². The lowest BCUT2D eigenvalue weighted by atomic mass is 9.84. The number of carbonyl (C=O) groups excluding carboxylic acids is 1. The first-order valence-electron chi connectivity index (χ1n) is 10.4. The van der Waals surface area contributed by atoms with Gasteiger partial charge in [-0.05, 0) is 56.7 Å². The fourth-order valence-corrected chi connectivity index (χ4v) is 4.39. The van der Waals surface area contributed by atoms with Crippen LogP contribution in [0.25, 0.3) is 0 Å². The Morgan fingerprint density at radius 1 is 1.07 bits per heavy atom. The number of carbonyl (C=O) groups is 1. The molecule has 0 aliphatic carbocycles. The monoisotopic (exact) mass is 429 g/mol. The fourth-order valence-electron chi connectivity index (χ4n) is 4.39. The van der Waals surface area contributed by atoms with Crippen LogP contribution in [0.4, 0.5) is 0 Å². The summed E-state index contributed by atoms with van der Waals surface area (Å²) in [5.41, 5.74) is 1.36. The zero-order chi connectivity index (χ0) is 18.4. The van der Waals surface area contributed by atoms with Crippen molar-refractivity contribution in [1.29, 1.82) is 0 Å². The van der Waals surface area contributed by atoms with Crippen LogP contribution >= 0.6 is 24.8 Å². The third-order valence-corrected chi connectivity index (χ3v) is 6.36. The van der Waals surface area contributed by atoms with Gasteiger partial charge in [0.2, 0.25) is 5.91 Å². The Morgan fingerprint density at radius 3 is 2.43 bits per heavy atom. The zero-order valence-electron chi connectivity index (χ0n) is 17.3. The molecule has 2 atom stereocenters. The van der Waals surface area contributed by atoms with Crippen LogP contribution in [0.15, 0.2) is 30.3 Å². The first-order chi connectivity index (χ1) is 12.6. The Labute approximate surface area is 183 Å². The first kappa shape index (κ1) is 25.2. The second kappa shape index (κ2) is 12.7. The van der Waals surface area contributed by atoms with Gasteiger partial charge in [0.1, 0.15) is 0 Å². The lowest BCUT2D eigenvalue weighted by Gasteiger charge is -2.30. The quantitative estimate of drug-likeness (QED) is 0.768. The molecule has 0 spiro atoms. The van der Waals surface area contributed by atoms with Crippen LogP contribution in [0.3, 0.4) is 0 Å². The van der Waals surface area contributed by atoms with E-state index in [1.54, 1.807) is 0 Å². The molecule has 0 aromatic heterocycles. The maximum absolute atomic E-state index is 12.9. The van der Waals surface area contributed by atoms with E-state index in [9.17, 15) is 4.79 Å². The van der Waals surface area contributed by atoms with Gasteiger partial charge in [-0.25, -0.2) is 0 Å². The Kier molecular flexibility index (Phi) is 11.4. The van der Waals surface area contributed by atoms with Gasteiger partial charge in [-0.3, -0.25) is 9.69 Å². The molecule has 3 rings (SSSR count). The summed E-state index contributed by atoms with van der Waals surface area (Å²) in [4.78, 5) is 17.5. The number of benzene rings is 1. The maximum Gasteiger partial charge on any atom is 0.222 e. The SMILES string of the molecule is CC(CC(=O)N1CCC(C)N(Cc2ccccc2)CC1)C1CCNCC1.Cl.Cl. The molecule has 0 bridgehead atoms. The molecule has 28 heavy (non-hydrogen) atoms. The number of amides is 1. The van der Waals surface area contributed by atoms with Crippen LogP contribution < -0.4 is 5.32 Å². The van der Waals surface area contributed by atoms with E-state index >= 15 is 0 Å². The normalized spacial score (nSPS) is 22.5. The molecule has 160 valence electrons. The molecule has 2 heterocycles. The zero-order valence-corrected chi connectivity index (χ0v) is 18.9. The summed E-state index contributed by atoms with van der Waals surface area (Å²) in [5.74, 6) is 1.58. The van der Waals surface area contributed by atoms with E-state index in [0.29, 0.717) is 23.8 Å². The number of piperidine rings is 1. The second-order valence-electron chi connectivity index (χ2n) is 8.24. The van der Waals surface area contributed by atoms with Crippen molar-refractivity contribution >= 4 is 30.7 Å². The van der Waals surface area contributed by atoms with Gasteiger partial charge in [-0.15, -0.1) is 24.8 Å². The Hall–Kier alpha value is -0.810. The summed E-state index contributed by atoms with van der Waals surface area (Å²) in [7, 11) is 0. The molecule has 1 N–H and O–H groups in total. The van der Waals surface area contributed by atoms with Crippen LogP contribution in [-0.4, -0.2) is 54.5 Å². The topological polar surface area (TPSA) is 35.6 Å². The molecule has 1 aromatic carbocycles. The van der Waals surface area contributed by atoms with Crippen molar-refractivity contribution in [2.45, 2.75) is 52.1 Å². The van der Waals surface area contributed by atoms with Crippen LogP contribution in [0.5, 0.6) is 0 Å². The van der Waals surface area contributed by atoms with Gasteiger partial charge in [0.25, 0.3) is 0 Å². The predicted octanol–water partition coefficient (Wildman–Crippen LogP) is 3.98. The molecule has 1 amide bonds. The summed E-state index contributed by atoms with van der Waals surface area (Å²) < 4.78 is 0. The molecule has 2 aliphatic rings. The lowest BCUT2D eigenvalue weighted by Crippen LogP contribution is -2.38. The van der Waals surface area contributed by atoms with E-state index in [4.69, 9.17) is 0 Å². The molecular weight excluding hydrogens is 393 g/mol. The van der Waals surface area contributed by atoms with Crippen molar-refractivity contribution in [3.05, 3.63) is 35.9 Å². The van der Waals surface area contributed by atoms with Crippen LogP contribution in [-0.2, 0) is 11.3 Å². The van der Waals surface area contributed by atoms with Gasteiger partial charge in [0, 0.05) is 38.6 Å². The highest BCUT2D eigenvalue weighted by molar-refractivity contribution is 5.85. The summed E-state index contributed by atoms with van der Waals surface area (Å²) in [6.45, 7) is 10.5. The van der Waals surface area contributed by atoms with Crippen LogP contribution in [0.1, 0.15) is 45.1 Å². The summed E-state index contributed by atoms with van der Waals surface area (Å²) in [6.07, 6.45) is 4.23. The number of hydrogen-bond acceptors (Lipinski definition) is 3. The minimum Gasteiger partial charge on any atom is -0.341 e. The fraction of sp³-hybridized carbons (Fsp3) is 0.682. The molecule has 0 saturated carbocycles. The molecular formula is C22H37Cl2N3O. The van der Waals surface area contributed by atoms with E-state index < -0.39 is 0 Å². The number of rotatable bonds is 5. The molecule has 2 saturated heterocycles. The number of nitrogens with zero attached hydrogens (tertiary/aromatic N) is 2. The second-order valence-corrected chi connectivity index (χ2v) is 8.24. The highest BCUT2D eigenvalue weighted by atomic mass is 35.5. The third-order valence-electron chi connectivity index (χ3n) is 6.36. The predicted molar refractivity (Wildman–Crippen MR) is 121 cm³/mol. The number of nitrogens with one attached hydrogen (secondary N) is 1. The van der Waals surface area contributed by atoms with Gasteiger partial charge in [0.15, 0.2) is 0 Å². The van der Waals surface area contributed by atoms with Crippen molar-refractivity contribution in [2.75, 3.05) is 32.7 Å². The highest BCUT2D eigenvalue weighted by Crippen LogP contribution is 2.25. The Balaban J connectivity index is 0.00000196. The Morgan fingerprint density at radius 2 is 1.75 bits per heavy atom. The van der Waals surface area contributed by atoms with Crippen LogP contribution in [0, 0.1) is 11.8 Å². The Bertz CT molecular complexity index is 566. The minimum atomic E-state index is 0. The van der Waals surface area contributed by atoms with Gasteiger partial charge in [0.05, 0.1) is 0 Å². The number of halogens is 2.